The average Bonchev–Trinajstić information content (AvgIpc) is 3.30. The fraction of sp³-hybridized carbons (Fsp3) is 0.269. The molecule has 1 aliphatic heterocycles. The Morgan fingerprint density at radius 1 is 1.21 bits per heavy atom. The van der Waals surface area contributed by atoms with Crippen LogP contribution < -0.4 is 5.32 Å². The highest BCUT2D eigenvalue weighted by Gasteiger charge is 2.34. The summed E-state index contributed by atoms with van der Waals surface area (Å²) in [4.78, 5) is 42.8. The third kappa shape index (κ3) is 4.33. The zero-order valence-corrected chi connectivity index (χ0v) is 19.2. The van der Waals surface area contributed by atoms with Gasteiger partial charge in [-0.3, -0.25) is 19.3 Å². The lowest BCUT2D eigenvalue weighted by molar-refractivity contribution is -0.122. The van der Waals surface area contributed by atoms with E-state index in [1.807, 2.05) is 48.5 Å². The SMILES string of the molecule is CC1CCc2[nH]c3ccc(C(=O)NCCN4C(=O)SC(=Cc5ccccc5)C4=O)cc3c2C1. The Hall–Kier alpha value is -3.32. The van der Waals surface area contributed by atoms with Crippen LogP contribution in [0.5, 0.6) is 0 Å². The van der Waals surface area contributed by atoms with E-state index in [0.29, 0.717) is 16.4 Å². The highest BCUT2D eigenvalue weighted by molar-refractivity contribution is 8.18. The van der Waals surface area contributed by atoms with E-state index in [1.165, 1.54) is 22.6 Å². The Bertz CT molecular complexity index is 1280. The number of aromatic amines is 1. The number of nitrogens with one attached hydrogen (secondary N) is 2. The van der Waals surface area contributed by atoms with Gasteiger partial charge in [0.25, 0.3) is 17.1 Å². The molecule has 1 saturated heterocycles. The predicted molar refractivity (Wildman–Crippen MR) is 131 cm³/mol. The van der Waals surface area contributed by atoms with Crippen molar-refractivity contribution in [1.29, 1.82) is 0 Å². The number of aromatic nitrogens is 1. The summed E-state index contributed by atoms with van der Waals surface area (Å²) in [7, 11) is 0. The Labute approximate surface area is 196 Å². The third-order valence-electron chi connectivity index (χ3n) is 6.29. The van der Waals surface area contributed by atoms with Gasteiger partial charge in [0.1, 0.15) is 0 Å². The van der Waals surface area contributed by atoms with Crippen molar-refractivity contribution in [3.8, 4) is 0 Å². The number of thioether (sulfide) groups is 1. The van der Waals surface area contributed by atoms with Gasteiger partial charge in [0.2, 0.25) is 0 Å². The molecule has 1 aromatic heterocycles. The number of carbonyl (C=O) groups excluding carboxylic acids is 3. The van der Waals surface area contributed by atoms with Crippen LogP contribution in [-0.2, 0) is 17.6 Å². The van der Waals surface area contributed by atoms with E-state index in [0.717, 1.165) is 41.1 Å². The number of hydrogen-bond donors (Lipinski definition) is 2. The zero-order valence-electron chi connectivity index (χ0n) is 18.4. The van der Waals surface area contributed by atoms with Gasteiger partial charge in [0.05, 0.1) is 4.91 Å². The van der Waals surface area contributed by atoms with Gasteiger partial charge in [-0.05, 0) is 72.3 Å². The first kappa shape index (κ1) is 21.5. The van der Waals surface area contributed by atoms with Crippen molar-refractivity contribution in [1.82, 2.24) is 15.2 Å². The maximum atomic E-state index is 12.8. The number of fused-ring (bicyclic) bond motifs is 3. The molecule has 1 fully saturated rings. The van der Waals surface area contributed by atoms with Crippen LogP contribution in [0.25, 0.3) is 17.0 Å². The second-order valence-corrected chi connectivity index (χ2v) is 9.68. The molecule has 2 N–H and O–H groups in total. The molecule has 3 aromatic rings. The molecule has 0 saturated carbocycles. The lowest BCUT2D eigenvalue weighted by atomic mass is 9.87. The van der Waals surface area contributed by atoms with Crippen molar-refractivity contribution >= 4 is 45.8 Å². The van der Waals surface area contributed by atoms with Crippen LogP contribution in [0.3, 0.4) is 0 Å². The molecule has 0 bridgehead atoms. The average molecular weight is 460 g/mol. The summed E-state index contributed by atoms with van der Waals surface area (Å²) < 4.78 is 0. The molecule has 7 heteroatoms. The maximum Gasteiger partial charge on any atom is 0.293 e. The maximum absolute atomic E-state index is 12.8. The van der Waals surface area contributed by atoms with E-state index in [9.17, 15) is 14.4 Å². The molecule has 33 heavy (non-hydrogen) atoms. The normalized spacial score (nSPS) is 19.4. The van der Waals surface area contributed by atoms with Crippen molar-refractivity contribution in [2.45, 2.75) is 26.2 Å². The number of aryl methyl sites for hydroxylation is 1. The number of nitrogens with zero attached hydrogens (tertiary/aromatic N) is 1. The number of amides is 3. The smallest absolute Gasteiger partial charge is 0.293 e. The topological polar surface area (TPSA) is 82.3 Å². The first-order chi connectivity index (χ1) is 16.0. The number of benzene rings is 2. The van der Waals surface area contributed by atoms with Gasteiger partial charge in [0, 0.05) is 35.2 Å². The molecule has 3 amide bonds. The van der Waals surface area contributed by atoms with E-state index >= 15 is 0 Å². The second-order valence-electron chi connectivity index (χ2n) is 8.69. The quantitative estimate of drug-likeness (QED) is 0.539. The summed E-state index contributed by atoms with van der Waals surface area (Å²) in [6.45, 7) is 2.61. The molecule has 5 rings (SSSR count). The van der Waals surface area contributed by atoms with E-state index in [2.05, 4.69) is 17.2 Å². The van der Waals surface area contributed by atoms with E-state index in [1.54, 1.807) is 6.08 Å². The predicted octanol–water partition coefficient (Wildman–Crippen LogP) is 4.76. The van der Waals surface area contributed by atoms with Gasteiger partial charge >= 0.3 is 0 Å². The lowest BCUT2D eigenvalue weighted by Gasteiger charge is -2.18. The Morgan fingerprint density at radius 3 is 2.85 bits per heavy atom. The Kier molecular flexibility index (Phi) is 5.81. The molecule has 168 valence electrons. The molecule has 2 heterocycles. The minimum absolute atomic E-state index is 0.141. The first-order valence-electron chi connectivity index (χ1n) is 11.2. The summed E-state index contributed by atoms with van der Waals surface area (Å²) >= 11 is 0.930. The van der Waals surface area contributed by atoms with Crippen molar-refractivity contribution in [2.24, 2.45) is 5.92 Å². The van der Waals surface area contributed by atoms with Gasteiger partial charge in [-0.25, -0.2) is 0 Å². The molecule has 1 unspecified atom stereocenters. The summed E-state index contributed by atoms with van der Waals surface area (Å²) in [5.41, 5.74) is 5.12. The molecule has 1 atom stereocenters. The van der Waals surface area contributed by atoms with E-state index in [-0.39, 0.29) is 30.1 Å². The third-order valence-corrected chi connectivity index (χ3v) is 7.20. The minimum Gasteiger partial charge on any atom is -0.358 e. The van der Waals surface area contributed by atoms with E-state index < -0.39 is 0 Å². The highest BCUT2D eigenvalue weighted by atomic mass is 32.2. The van der Waals surface area contributed by atoms with Gasteiger partial charge in [-0.15, -0.1) is 0 Å². The fourth-order valence-electron chi connectivity index (χ4n) is 4.51. The van der Waals surface area contributed by atoms with Crippen molar-refractivity contribution in [2.75, 3.05) is 13.1 Å². The Morgan fingerprint density at radius 2 is 2.03 bits per heavy atom. The molecule has 6 nitrogen and oxygen atoms in total. The summed E-state index contributed by atoms with van der Waals surface area (Å²) in [6.07, 6.45) is 4.97. The van der Waals surface area contributed by atoms with Crippen LogP contribution in [-0.4, -0.2) is 40.0 Å². The molecule has 2 aliphatic rings. The molecule has 0 radical (unpaired) electrons. The Balaban J connectivity index is 1.23. The lowest BCUT2D eigenvalue weighted by Crippen LogP contribution is -2.37. The van der Waals surface area contributed by atoms with Crippen LogP contribution in [0.1, 0.15) is 40.5 Å². The molecule has 1 aliphatic carbocycles. The van der Waals surface area contributed by atoms with E-state index in [4.69, 9.17) is 0 Å². The highest BCUT2D eigenvalue weighted by Crippen LogP contribution is 2.33. The number of rotatable bonds is 5. The first-order valence-corrected chi connectivity index (χ1v) is 12.0. The van der Waals surface area contributed by atoms with Crippen LogP contribution in [0, 0.1) is 5.92 Å². The largest absolute Gasteiger partial charge is 0.358 e. The number of carbonyl (C=O) groups is 3. The number of imide groups is 1. The van der Waals surface area contributed by atoms with Crippen molar-refractivity contribution < 1.29 is 14.4 Å². The summed E-state index contributed by atoms with van der Waals surface area (Å²) in [5, 5.41) is 3.65. The van der Waals surface area contributed by atoms with Crippen LogP contribution >= 0.6 is 11.8 Å². The van der Waals surface area contributed by atoms with Gasteiger partial charge < -0.3 is 10.3 Å². The fourth-order valence-corrected chi connectivity index (χ4v) is 5.37. The number of hydrogen-bond acceptors (Lipinski definition) is 4. The monoisotopic (exact) mass is 459 g/mol. The molecule has 0 spiro atoms. The zero-order chi connectivity index (χ0) is 22.9. The second kappa shape index (κ2) is 8.90. The summed E-state index contributed by atoms with van der Waals surface area (Å²) in [6, 6.07) is 15.1. The van der Waals surface area contributed by atoms with Crippen molar-refractivity contribution in [3.05, 3.63) is 75.8 Å². The molecular weight excluding hydrogens is 434 g/mol. The molecular formula is C26H25N3O3S. The van der Waals surface area contributed by atoms with Gasteiger partial charge in [0.15, 0.2) is 0 Å². The number of H-pyrrole nitrogens is 1. The molecule has 2 aromatic carbocycles. The van der Waals surface area contributed by atoms with Gasteiger partial charge in [-0.1, -0.05) is 37.3 Å². The van der Waals surface area contributed by atoms with Gasteiger partial charge in [-0.2, -0.15) is 0 Å². The summed E-state index contributed by atoms with van der Waals surface area (Å²) in [5.74, 6) is 0.114. The van der Waals surface area contributed by atoms with Crippen LogP contribution in [0.2, 0.25) is 0 Å². The van der Waals surface area contributed by atoms with Crippen LogP contribution in [0.4, 0.5) is 4.79 Å². The standard InChI is InChI=1S/C26H25N3O3S/c1-16-7-9-21-19(13-16)20-15-18(8-10-22(20)28-21)24(30)27-11-12-29-25(31)23(33-26(29)32)14-17-5-3-2-4-6-17/h2-6,8,10,14-16,28H,7,9,11-13H2,1H3,(H,27,30). The minimum atomic E-state index is -0.322. The van der Waals surface area contributed by atoms with Crippen molar-refractivity contribution in [3.63, 3.8) is 0 Å². The van der Waals surface area contributed by atoms with Crippen LogP contribution in [0.15, 0.2) is 53.4 Å².